The third-order valence-corrected chi connectivity index (χ3v) is 1.59. The summed E-state index contributed by atoms with van der Waals surface area (Å²) in [5.41, 5.74) is 0. The number of carbonyl (C=O) groups excluding carboxylic acids is 1. The summed E-state index contributed by atoms with van der Waals surface area (Å²) in [5.74, 6) is 0.520. The summed E-state index contributed by atoms with van der Waals surface area (Å²) in [4.78, 5) is 16.3. The lowest BCUT2D eigenvalue weighted by Gasteiger charge is -2.12. The molecular weight excluding hydrogens is 164 g/mol. The lowest BCUT2D eigenvalue weighted by atomic mass is 10.6. The standard InChI is InChI=1S/C6H8N2O2S/c1-10-6(9)8-3-2-7-5(8)4-11/h4H,2-3H2,1H3. The van der Waals surface area contributed by atoms with Crippen LogP contribution in [0, 0.1) is 0 Å². The Hall–Kier alpha value is -0.970. The van der Waals surface area contributed by atoms with Crippen molar-refractivity contribution in [1.82, 2.24) is 4.90 Å². The van der Waals surface area contributed by atoms with Gasteiger partial charge in [0.25, 0.3) is 0 Å². The molecule has 1 aliphatic rings. The Morgan fingerprint density at radius 2 is 2.64 bits per heavy atom. The average molecular weight is 172 g/mol. The van der Waals surface area contributed by atoms with Gasteiger partial charge in [0.15, 0.2) is 0 Å². The molecule has 0 aromatic carbocycles. The van der Waals surface area contributed by atoms with Crippen molar-refractivity contribution in [2.75, 3.05) is 20.2 Å². The summed E-state index contributed by atoms with van der Waals surface area (Å²) in [6, 6.07) is 0. The Morgan fingerprint density at radius 1 is 1.91 bits per heavy atom. The number of amidine groups is 1. The van der Waals surface area contributed by atoms with E-state index in [0.717, 1.165) is 0 Å². The summed E-state index contributed by atoms with van der Waals surface area (Å²) in [6.07, 6.45) is -0.401. The minimum Gasteiger partial charge on any atom is -0.452 e. The van der Waals surface area contributed by atoms with Gasteiger partial charge in [0.05, 0.1) is 20.2 Å². The quantitative estimate of drug-likeness (QED) is 0.540. The molecule has 4 nitrogen and oxygen atoms in total. The van der Waals surface area contributed by atoms with Gasteiger partial charge in [-0.3, -0.25) is 9.89 Å². The SMILES string of the molecule is COC(=O)N1CCN=C1C=S. The monoisotopic (exact) mass is 172 g/mol. The van der Waals surface area contributed by atoms with Crippen LogP contribution in [0.25, 0.3) is 0 Å². The minimum atomic E-state index is -0.401. The van der Waals surface area contributed by atoms with Gasteiger partial charge < -0.3 is 4.74 Å². The summed E-state index contributed by atoms with van der Waals surface area (Å²) >= 11 is 4.65. The molecule has 0 atom stereocenters. The smallest absolute Gasteiger partial charge is 0.415 e. The van der Waals surface area contributed by atoms with Crippen LogP contribution < -0.4 is 0 Å². The summed E-state index contributed by atoms with van der Waals surface area (Å²) < 4.78 is 4.51. The molecule has 0 unspecified atom stereocenters. The van der Waals surface area contributed by atoms with E-state index in [9.17, 15) is 4.79 Å². The van der Waals surface area contributed by atoms with Crippen LogP contribution in [-0.4, -0.2) is 42.4 Å². The highest BCUT2D eigenvalue weighted by atomic mass is 32.1. The van der Waals surface area contributed by atoms with E-state index in [1.165, 1.54) is 17.4 Å². The molecule has 11 heavy (non-hydrogen) atoms. The van der Waals surface area contributed by atoms with Crippen molar-refractivity contribution >= 4 is 29.5 Å². The van der Waals surface area contributed by atoms with Crippen LogP contribution in [-0.2, 0) is 4.74 Å². The molecule has 0 N–H and O–H groups in total. The van der Waals surface area contributed by atoms with Crippen LogP contribution in [0.5, 0.6) is 0 Å². The first kappa shape index (κ1) is 8.13. The Bertz CT molecular complexity index is 215. The average Bonchev–Trinajstić information content (AvgIpc) is 2.50. The Kier molecular flexibility index (Phi) is 2.53. The van der Waals surface area contributed by atoms with Crippen molar-refractivity contribution in [3.8, 4) is 0 Å². The van der Waals surface area contributed by atoms with Gasteiger partial charge in [-0.05, 0) is 0 Å². The maximum atomic E-state index is 10.9. The number of rotatable bonds is 1. The van der Waals surface area contributed by atoms with Gasteiger partial charge in [-0.2, -0.15) is 0 Å². The van der Waals surface area contributed by atoms with Crippen LogP contribution >= 0.6 is 12.2 Å². The summed E-state index contributed by atoms with van der Waals surface area (Å²) in [7, 11) is 1.33. The van der Waals surface area contributed by atoms with Crippen LogP contribution in [0.3, 0.4) is 0 Å². The number of nitrogens with zero attached hydrogens (tertiary/aromatic N) is 2. The number of hydrogen-bond acceptors (Lipinski definition) is 4. The third kappa shape index (κ3) is 1.54. The molecule has 0 aliphatic carbocycles. The molecule has 0 aromatic heterocycles. The molecular formula is C6H8N2O2S. The van der Waals surface area contributed by atoms with Crippen LogP contribution in [0.1, 0.15) is 0 Å². The maximum absolute atomic E-state index is 10.9. The van der Waals surface area contributed by atoms with Gasteiger partial charge in [0.2, 0.25) is 0 Å². The normalized spacial score (nSPS) is 16.1. The van der Waals surface area contributed by atoms with E-state index in [-0.39, 0.29) is 0 Å². The van der Waals surface area contributed by atoms with Crippen molar-refractivity contribution in [2.24, 2.45) is 4.99 Å². The molecule has 0 fully saturated rings. The topological polar surface area (TPSA) is 41.9 Å². The first-order valence-electron chi connectivity index (χ1n) is 3.14. The highest BCUT2D eigenvalue weighted by Crippen LogP contribution is 2.01. The van der Waals surface area contributed by atoms with E-state index in [2.05, 4.69) is 21.9 Å². The second kappa shape index (κ2) is 3.43. The second-order valence-corrected chi connectivity index (χ2v) is 2.22. The number of methoxy groups -OCH3 is 1. The molecule has 0 aromatic rings. The number of carbonyl (C=O) groups is 1. The van der Waals surface area contributed by atoms with Crippen LogP contribution in [0.2, 0.25) is 0 Å². The third-order valence-electron chi connectivity index (χ3n) is 1.37. The Balaban J connectivity index is 2.67. The molecule has 0 saturated heterocycles. The summed E-state index contributed by atoms with van der Waals surface area (Å²) in [5, 5.41) is 1.38. The van der Waals surface area contributed by atoms with E-state index in [4.69, 9.17) is 0 Å². The van der Waals surface area contributed by atoms with E-state index in [1.807, 2.05) is 0 Å². The van der Waals surface area contributed by atoms with Gasteiger partial charge in [-0.1, -0.05) is 12.2 Å². The fourth-order valence-electron chi connectivity index (χ4n) is 0.860. The number of ether oxygens (including phenoxy) is 1. The van der Waals surface area contributed by atoms with Crippen molar-refractivity contribution in [3.05, 3.63) is 0 Å². The predicted octanol–water partition coefficient (Wildman–Crippen LogP) is 0.467. The first-order chi connectivity index (χ1) is 5.29. The van der Waals surface area contributed by atoms with Crippen molar-refractivity contribution in [2.45, 2.75) is 0 Å². The zero-order valence-corrected chi connectivity index (χ0v) is 6.93. The van der Waals surface area contributed by atoms with Gasteiger partial charge in [-0.25, -0.2) is 4.79 Å². The molecule has 60 valence electrons. The largest absolute Gasteiger partial charge is 0.452 e. The van der Waals surface area contributed by atoms with Gasteiger partial charge in [0.1, 0.15) is 5.84 Å². The molecule has 0 radical (unpaired) electrons. The fourth-order valence-corrected chi connectivity index (χ4v) is 1.06. The van der Waals surface area contributed by atoms with Crippen LogP contribution in [0.4, 0.5) is 4.79 Å². The van der Waals surface area contributed by atoms with E-state index in [0.29, 0.717) is 18.9 Å². The van der Waals surface area contributed by atoms with E-state index in [1.54, 1.807) is 0 Å². The highest BCUT2D eigenvalue weighted by Gasteiger charge is 2.21. The van der Waals surface area contributed by atoms with E-state index >= 15 is 0 Å². The zero-order valence-electron chi connectivity index (χ0n) is 6.11. The zero-order chi connectivity index (χ0) is 8.27. The molecule has 0 bridgehead atoms. The van der Waals surface area contributed by atoms with Gasteiger partial charge in [0, 0.05) is 5.37 Å². The number of aliphatic imine (C=N–C) groups is 1. The first-order valence-corrected chi connectivity index (χ1v) is 3.62. The van der Waals surface area contributed by atoms with Crippen LogP contribution in [0.15, 0.2) is 4.99 Å². The summed E-state index contributed by atoms with van der Waals surface area (Å²) in [6.45, 7) is 1.17. The Morgan fingerprint density at radius 3 is 3.18 bits per heavy atom. The van der Waals surface area contributed by atoms with E-state index < -0.39 is 6.09 Å². The van der Waals surface area contributed by atoms with Crippen molar-refractivity contribution in [3.63, 3.8) is 0 Å². The predicted molar refractivity (Wildman–Crippen MR) is 45.1 cm³/mol. The Labute approximate surface area is 69.8 Å². The van der Waals surface area contributed by atoms with Crippen molar-refractivity contribution in [1.29, 1.82) is 0 Å². The minimum absolute atomic E-state index is 0.401. The number of hydrogen-bond donors (Lipinski definition) is 0. The molecule has 1 amide bonds. The van der Waals surface area contributed by atoms with Gasteiger partial charge >= 0.3 is 6.09 Å². The second-order valence-electron chi connectivity index (χ2n) is 1.98. The molecule has 1 aliphatic heterocycles. The molecule has 0 saturated carbocycles. The van der Waals surface area contributed by atoms with Crippen molar-refractivity contribution < 1.29 is 9.53 Å². The molecule has 1 rings (SSSR count). The highest BCUT2D eigenvalue weighted by molar-refractivity contribution is 7.80. The lowest BCUT2D eigenvalue weighted by molar-refractivity contribution is 0.149. The maximum Gasteiger partial charge on any atom is 0.415 e. The number of thiocarbonyl (C=S) groups is 1. The molecule has 5 heteroatoms. The lowest BCUT2D eigenvalue weighted by Crippen LogP contribution is -2.34. The number of amides is 1. The molecule has 0 spiro atoms. The molecule has 1 heterocycles. The van der Waals surface area contributed by atoms with Gasteiger partial charge in [-0.15, -0.1) is 0 Å². The fraction of sp³-hybridized carbons (Fsp3) is 0.500.